The summed E-state index contributed by atoms with van der Waals surface area (Å²) in [5.41, 5.74) is 1.54. The second-order valence-electron chi connectivity index (χ2n) is 5.30. The molecule has 23 heavy (non-hydrogen) atoms. The minimum Gasteiger partial charge on any atom is -0.497 e. The summed E-state index contributed by atoms with van der Waals surface area (Å²) in [6, 6.07) is 13.6. The molecule has 0 aliphatic heterocycles. The lowest BCUT2D eigenvalue weighted by atomic mass is 10.0. The highest BCUT2D eigenvalue weighted by atomic mass is 16.5. The average molecular weight is 307 g/mol. The first kappa shape index (κ1) is 15.0. The van der Waals surface area contributed by atoms with Crippen LogP contribution in [0.2, 0.25) is 0 Å². The third kappa shape index (κ3) is 3.29. The molecule has 2 aromatic carbocycles. The Labute approximate surface area is 134 Å². The van der Waals surface area contributed by atoms with Gasteiger partial charge in [-0.05, 0) is 47.5 Å². The van der Waals surface area contributed by atoms with E-state index >= 15 is 0 Å². The number of hydrogen-bond donors (Lipinski definition) is 1. The van der Waals surface area contributed by atoms with E-state index in [-0.39, 0.29) is 11.9 Å². The van der Waals surface area contributed by atoms with Crippen molar-refractivity contribution in [3.63, 3.8) is 0 Å². The Morgan fingerprint density at radius 2 is 1.87 bits per heavy atom. The lowest BCUT2D eigenvalue weighted by Crippen LogP contribution is -2.26. The van der Waals surface area contributed by atoms with E-state index in [9.17, 15) is 4.79 Å². The van der Waals surface area contributed by atoms with Gasteiger partial charge >= 0.3 is 0 Å². The number of rotatable bonds is 4. The van der Waals surface area contributed by atoms with Gasteiger partial charge in [-0.25, -0.2) is 0 Å². The van der Waals surface area contributed by atoms with Crippen molar-refractivity contribution in [1.29, 1.82) is 0 Å². The lowest BCUT2D eigenvalue weighted by Gasteiger charge is -2.15. The van der Waals surface area contributed by atoms with Gasteiger partial charge in [0.05, 0.1) is 31.1 Å². The molecule has 116 valence electrons. The summed E-state index contributed by atoms with van der Waals surface area (Å²) in [7, 11) is 1.65. The van der Waals surface area contributed by atoms with Gasteiger partial charge in [-0.15, -0.1) is 0 Å². The van der Waals surface area contributed by atoms with E-state index in [0.29, 0.717) is 5.56 Å². The minimum atomic E-state index is -0.165. The highest BCUT2D eigenvalue weighted by molar-refractivity contribution is 5.94. The molecule has 0 bridgehead atoms. The Hall–Kier alpha value is -2.95. The molecule has 0 saturated carbocycles. The fourth-order valence-electron chi connectivity index (χ4n) is 2.43. The van der Waals surface area contributed by atoms with Gasteiger partial charge in [0.2, 0.25) is 0 Å². The molecule has 0 aliphatic carbocycles. The molecule has 1 amide bonds. The van der Waals surface area contributed by atoms with E-state index in [2.05, 4.69) is 21.6 Å². The van der Waals surface area contributed by atoms with Crippen molar-refractivity contribution < 1.29 is 9.53 Å². The maximum Gasteiger partial charge on any atom is 0.253 e. The Balaban J connectivity index is 1.80. The van der Waals surface area contributed by atoms with Gasteiger partial charge < -0.3 is 10.1 Å². The Morgan fingerprint density at radius 3 is 2.61 bits per heavy atom. The number of hydrogen-bond acceptors (Lipinski definition) is 4. The number of nitrogens with zero attached hydrogens (tertiary/aromatic N) is 2. The van der Waals surface area contributed by atoms with E-state index in [1.165, 1.54) is 12.4 Å². The molecular formula is C18H17N3O2. The molecule has 0 radical (unpaired) electrons. The minimum absolute atomic E-state index is 0.109. The first-order valence-electron chi connectivity index (χ1n) is 7.32. The van der Waals surface area contributed by atoms with Crippen molar-refractivity contribution in [2.75, 3.05) is 7.11 Å². The van der Waals surface area contributed by atoms with Crippen LogP contribution in [0.25, 0.3) is 10.8 Å². The van der Waals surface area contributed by atoms with Crippen LogP contribution in [0, 0.1) is 0 Å². The van der Waals surface area contributed by atoms with E-state index in [4.69, 9.17) is 4.74 Å². The fraction of sp³-hybridized carbons (Fsp3) is 0.167. The lowest BCUT2D eigenvalue weighted by molar-refractivity contribution is 0.0939. The van der Waals surface area contributed by atoms with Crippen LogP contribution in [0.15, 0.2) is 54.9 Å². The second-order valence-corrected chi connectivity index (χ2v) is 5.30. The van der Waals surface area contributed by atoms with E-state index in [0.717, 1.165) is 22.1 Å². The van der Waals surface area contributed by atoms with Crippen LogP contribution >= 0.6 is 0 Å². The zero-order valence-electron chi connectivity index (χ0n) is 13.0. The average Bonchev–Trinajstić information content (AvgIpc) is 2.61. The first-order chi connectivity index (χ1) is 11.2. The zero-order chi connectivity index (χ0) is 16.2. The molecule has 1 heterocycles. The highest BCUT2D eigenvalue weighted by Gasteiger charge is 2.12. The third-order valence-electron chi connectivity index (χ3n) is 3.77. The summed E-state index contributed by atoms with van der Waals surface area (Å²) >= 11 is 0. The summed E-state index contributed by atoms with van der Waals surface area (Å²) in [6.45, 7) is 1.96. The molecule has 5 nitrogen and oxygen atoms in total. The molecule has 1 atom stereocenters. The van der Waals surface area contributed by atoms with Crippen LogP contribution in [-0.4, -0.2) is 23.2 Å². The topological polar surface area (TPSA) is 64.1 Å². The molecule has 1 N–H and O–H groups in total. The van der Waals surface area contributed by atoms with Crippen LogP contribution in [0.4, 0.5) is 0 Å². The molecule has 0 aliphatic rings. The summed E-state index contributed by atoms with van der Waals surface area (Å²) in [5.74, 6) is 0.666. The number of carbonyl (C=O) groups excluding carboxylic acids is 1. The number of methoxy groups -OCH3 is 1. The van der Waals surface area contributed by atoms with Gasteiger partial charge in [0.1, 0.15) is 5.75 Å². The van der Waals surface area contributed by atoms with Crippen LogP contribution in [0.3, 0.4) is 0 Å². The molecular weight excluding hydrogens is 290 g/mol. The SMILES string of the molecule is COc1ccc2cc([C@H](C)NC(=O)c3ccnnc3)ccc2c1. The first-order valence-corrected chi connectivity index (χ1v) is 7.32. The van der Waals surface area contributed by atoms with Crippen LogP contribution < -0.4 is 10.1 Å². The number of carbonyl (C=O) groups is 1. The predicted molar refractivity (Wildman–Crippen MR) is 88.4 cm³/mol. The standard InChI is InChI=1S/C18H17N3O2/c1-12(21-18(22)16-7-8-19-20-11-16)13-3-4-15-10-17(23-2)6-5-14(15)9-13/h3-12H,1-2H3,(H,21,22)/t12-/m0/s1. The Bertz CT molecular complexity index is 834. The number of fused-ring (bicyclic) bond motifs is 1. The molecule has 5 heteroatoms. The van der Waals surface area contributed by atoms with Gasteiger partial charge in [-0.3, -0.25) is 4.79 Å². The quantitative estimate of drug-likeness (QED) is 0.804. The monoisotopic (exact) mass is 307 g/mol. The summed E-state index contributed by atoms with van der Waals surface area (Å²) < 4.78 is 5.23. The van der Waals surface area contributed by atoms with Crippen molar-refractivity contribution in [3.8, 4) is 5.75 Å². The smallest absolute Gasteiger partial charge is 0.253 e. The number of benzene rings is 2. The Morgan fingerprint density at radius 1 is 1.09 bits per heavy atom. The van der Waals surface area contributed by atoms with Crippen molar-refractivity contribution >= 4 is 16.7 Å². The highest BCUT2D eigenvalue weighted by Crippen LogP contribution is 2.24. The van der Waals surface area contributed by atoms with E-state index < -0.39 is 0 Å². The number of nitrogens with one attached hydrogen (secondary N) is 1. The predicted octanol–water partition coefficient (Wildman–Crippen LogP) is 3.13. The molecule has 3 rings (SSSR count). The normalized spacial score (nSPS) is 11.9. The van der Waals surface area contributed by atoms with Gasteiger partial charge in [-0.1, -0.05) is 18.2 Å². The molecule has 0 unspecified atom stereocenters. The van der Waals surface area contributed by atoms with E-state index in [1.54, 1.807) is 13.2 Å². The van der Waals surface area contributed by atoms with Gasteiger partial charge in [0, 0.05) is 0 Å². The molecule has 0 fully saturated rings. The fourth-order valence-corrected chi connectivity index (χ4v) is 2.43. The van der Waals surface area contributed by atoms with Gasteiger partial charge in [0.15, 0.2) is 0 Å². The van der Waals surface area contributed by atoms with Crippen molar-refractivity contribution in [3.05, 3.63) is 66.0 Å². The zero-order valence-corrected chi connectivity index (χ0v) is 13.0. The number of ether oxygens (including phenoxy) is 1. The largest absolute Gasteiger partial charge is 0.497 e. The van der Waals surface area contributed by atoms with Crippen LogP contribution in [0.5, 0.6) is 5.75 Å². The van der Waals surface area contributed by atoms with E-state index in [1.807, 2.05) is 37.3 Å². The molecule has 0 saturated heterocycles. The third-order valence-corrected chi connectivity index (χ3v) is 3.77. The molecule has 3 aromatic rings. The summed E-state index contributed by atoms with van der Waals surface area (Å²) in [6.07, 6.45) is 2.96. The number of amides is 1. The molecule has 1 aromatic heterocycles. The van der Waals surface area contributed by atoms with Crippen LogP contribution in [-0.2, 0) is 0 Å². The maximum absolute atomic E-state index is 12.2. The van der Waals surface area contributed by atoms with Crippen molar-refractivity contribution in [2.24, 2.45) is 0 Å². The maximum atomic E-state index is 12.2. The number of aromatic nitrogens is 2. The van der Waals surface area contributed by atoms with Crippen molar-refractivity contribution in [2.45, 2.75) is 13.0 Å². The summed E-state index contributed by atoms with van der Waals surface area (Å²) in [5, 5.41) is 12.6. The second kappa shape index (κ2) is 6.44. The van der Waals surface area contributed by atoms with Crippen molar-refractivity contribution in [1.82, 2.24) is 15.5 Å². The van der Waals surface area contributed by atoms with Gasteiger partial charge in [0.25, 0.3) is 5.91 Å². The van der Waals surface area contributed by atoms with Crippen LogP contribution in [0.1, 0.15) is 28.9 Å². The molecule has 0 spiro atoms. The summed E-state index contributed by atoms with van der Waals surface area (Å²) in [4.78, 5) is 12.2. The van der Waals surface area contributed by atoms with Gasteiger partial charge in [-0.2, -0.15) is 10.2 Å². The Kier molecular flexibility index (Phi) is 4.19.